The van der Waals surface area contributed by atoms with Gasteiger partial charge in [-0.25, -0.2) is 0 Å². The van der Waals surface area contributed by atoms with E-state index in [4.69, 9.17) is 4.52 Å². The minimum absolute atomic E-state index is 0.0174. The molecule has 3 rings (SSSR count). The number of amides is 2. The third-order valence-corrected chi connectivity index (χ3v) is 3.44. The zero-order valence-electron chi connectivity index (χ0n) is 9.96. The maximum absolute atomic E-state index is 11.9. The Bertz CT molecular complexity index is 467. The number of carbonyl (C=O) groups excluding carboxylic acids is 2. The highest BCUT2D eigenvalue weighted by molar-refractivity contribution is 5.92. The van der Waals surface area contributed by atoms with Crippen molar-refractivity contribution in [3.8, 4) is 0 Å². The number of aromatic nitrogens is 1. The van der Waals surface area contributed by atoms with Crippen LogP contribution in [0.5, 0.6) is 0 Å². The molecule has 1 aliphatic carbocycles. The first-order chi connectivity index (χ1) is 8.76. The molecule has 6 heteroatoms. The summed E-state index contributed by atoms with van der Waals surface area (Å²) in [4.78, 5) is 24.1. The van der Waals surface area contributed by atoms with Gasteiger partial charge in [-0.1, -0.05) is 5.16 Å². The first-order valence-corrected chi connectivity index (χ1v) is 6.23. The quantitative estimate of drug-likeness (QED) is 0.789. The van der Waals surface area contributed by atoms with Crippen molar-refractivity contribution in [2.75, 3.05) is 13.1 Å². The van der Waals surface area contributed by atoms with E-state index in [0.717, 1.165) is 31.4 Å². The number of likely N-dealkylation sites (tertiary alicyclic amines) is 1. The summed E-state index contributed by atoms with van der Waals surface area (Å²) in [6, 6.07) is 1.74. The minimum atomic E-state index is -0.219. The number of hydrogen-bond acceptors (Lipinski definition) is 4. The number of carbonyl (C=O) groups is 2. The molecule has 6 nitrogen and oxygen atoms in total. The average Bonchev–Trinajstić information content (AvgIpc) is 2.93. The Morgan fingerprint density at radius 1 is 1.50 bits per heavy atom. The van der Waals surface area contributed by atoms with E-state index in [1.54, 1.807) is 11.0 Å². The van der Waals surface area contributed by atoms with Crippen LogP contribution in [0.2, 0.25) is 0 Å². The molecule has 1 saturated heterocycles. The van der Waals surface area contributed by atoms with E-state index in [1.807, 2.05) is 0 Å². The summed E-state index contributed by atoms with van der Waals surface area (Å²) in [5, 5.41) is 6.66. The lowest BCUT2D eigenvalue weighted by atomic mass is 10.2. The second-order valence-corrected chi connectivity index (χ2v) is 4.95. The Balaban J connectivity index is 1.58. The molecule has 1 aromatic rings. The lowest BCUT2D eigenvalue weighted by Crippen LogP contribution is -2.37. The Labute approximate surface area is 104 Å². The van der Waals surface area contributed by atoms with Crippen LogP contribution in [0.3, 0.4) is 0 Å². The summed E-state index contributed by atoms with van der Waals surface area (Å²) >= 11 is 0. The summed E-state index contributed by atoms with van der Waals surface area (Å²) in [5.41, 5.74) is 0.335. The molecule has 2 heterocycles. The van der Waals surface area contributed by atoms with Crippen LogP contribution in [-0.2, 0) is 4.79 Å². The molecule has 2 amide bonds. The van der Waals surface area contributed by atoms with Crippen molar-refractivity contribution in [1.29, 1.82) is 0 Å². The van der Waals surface area contributed by atoms with E-state index in [-0.39, 0.29) is 11.9 Å². The molecule has 1 N–H and O–H groups in total. The van der Waals surface area contributed by atoms with E-state index in [1.165, 1.54) is 0 Å². The normalized spacial score (nSPS) is 23.1. The lowest BCUT2D eigenvalue weighted by Gasteiger charge is -2.11. The first-order valence-electron chi connectivity index (χ1n) is 6.23. The van der Waals surface area contributed by atoms with Crippen molar-refractivity contribution < 1.29 is 14.1 Å². The van der Waals surface area contributed by atoms with Crippen molar-refractivity contribution in [2.24, 2.45) is 0 Å². The molecule has 18 heavy (non-hydrogen) atoms. The number of hydrogen-bond donors (Lipinski definition) is 1. The molecule has 0 bridgehead atoms. The Morgan fingerprint density at radius 2 is 2.33 bits per heavy atom. The molecule has 2 aliphatic rings. The summed E-state index contributed by atoms with van der Waals surface area (Å²) in [6.07, 6.45) is 3.84. The van der Waals surface area contributed by atoms with Gasteiger partial charge in [-0.15, -0.1) is 0 Å². The van der Waals surface area contributed by atoms with Crippen molar-refractivity contribution in [3.05, 3.63) is 17.5 Å². The maximum atomic E-state index is 11.9. The third kappa shape index (κ3) is 2.23. The van der Waals surface area contributed by atoms with Gasteiger partial charge in [0.15, 0.2) is 5.69 Å². The van der Waals surface area contributed by atoms with Gasteiger partial charge < -0.3 is 14.7 Å². The highest BCUT2D eigenvalue weighted by Crippen LogP contribution is 2.40. The first kappa shape index (κ1) is 11.3. The predicted molar refractivity (Wildman–Crippen MR) is 62.0 cm³/mol. The van der Waals surface area contributed by atoms with Gasteiger partial charge in [0.05, 0.1) is 0 Å². The third-order valence-electron chi connectivity index (χ3n) is 3.44. The Kier molecular flexibility index (Phi) is 2.77. The molecule has 96 valence electrons. The molecular formula is C12H15N3O3. The fraction of sp³-hybridized carbons (Fsp3) is 0.583. The SMILES string of the molecule is O=CN1CC[C@@H](NC(=O)c2cc(C3CC3)on2)C1. The van der Waals surface area contributed by atoms with Crippen LogP contribution in [-0.4, -0.2) is 41.5 Å². The van der Waals surface area contributed by atoms with E-state index >= 15 is 0 Å². The van der Waals surface area contributed by atoms with Crippen LogP contribution in [0, 0.1) is 0 Å². The summed E-state index contributed by atoms with van der Waals surface area (Å²) in [6.45, 7) is 1.27. The van der Waals surface area contributed by atoms with Crippen LogP contribution in [0.25, 0.3) is 0 Å². The van der Waals surface area contributed by atoms with E-state index in [0.29, 0.717) is 24.7 Å². The average molecular weight is 249 g/mol. The highest BCUT2D eigenvalue weighted by Gasteiger charge is 2.30. The zero-order chi connectivity index (χ0) is 12.5. The topological polar surface area (TPSA) is 75.4 Å². The lowest BCUT2D eigenvalue weighted by molar-refractivity contribution is -0.117. The van der Waals surface area contributed by atoms with Crippen LogP contribution in [0.15, 0.2) is 10.6 Å². The largest absolute Gasteiger partial charge is 0.360 e. The Morgan fingerprint density at radius 3 is 3.00 bits per heavy atom. The second kappa shape index (κ2) is 4.44. The van der Waals surface area contributed by atoms with Crippen LogP contribution >= 0.6 is 0 Å². The standard InChI is InChI=1S/C12H15N3O3/c16-7-15-4-3-9(6-15)13-12(17)10-5-11(18-14-10)8-1-2-8/h5,7-9H,1-4,6H2,(H,13,17)/t9-/m1/s1. The molecule has 0 unspecified atom stereocenters. The summed E-state index contributed by atoms with van der Waals surface area (Å²) in [5.74, 6) is 1.04. The van der Waals surface area contributed by atoms with Crippen LogP contribution < -0.4 is 5.32 Å². The fourth-order valence-corrected chi connectivity index (χ4v) is 2.22. The predicted octanol–water partition coefficient (Wildman–Crippen LogP) is 0.512. The Hall–Kier alpha value is -1.85. The molecule has 0 aromatic carbocycles. The minimum Gasteiger partial charge on any atom is -0.360 e. The van der Waals surface area contributed by atoms with Crippen LogP contribution in [0.1, 0.15) is 41.4 Å². The molecule has 1 saturated carbocycles. The van der Waals surface area contributed by atoms with Gasteiger partial charge in [0, 0.05) is 31.1 Å². The highest BCUT2D eigenvalue weighted by atomic mass is 16.5. The zero-order valence-corrected chi connectivity index (χ0v) is 9.96. The monoisotopic (exact) mass is 249 g/mol. The molecule has 2 fully saturated rings. The second-order valence-electron chi connectivity index (χ2n) is 4.95. The van der Waals surface area contributed by atoms with Gasteiger partial charge >= 0.3 is 0 Å². The smallest absolute Gasteiger partial charge is 0.273 e. The van der Waals surface area contributed by atoms with Gasteiger partial charge in [-0.05, 0) is 19.3 Å². The van der Waals surface area contributed by atoms with Crippen molar-refractivity contribution >= 4 is 12.3 Å². The number of nitrogens with one attached hydrogen (secondary N) is 1. The van der Waals surface area contributed by atoms with E-state index in [2.05, 4.69) is 10.5 Å². The van der Waals surface area contributed by atoms with E-state index in [9.17, 15) is 9.59 Å². The molecule has 1 aromatic heterocycles. The summed E-state index contributed by atoms with van der Waals surface area (Å²) < 4.78 is 5.14. The van der Waals surface area contributed by atoms with Gasteiger partial charge in [0.1, 0.15) is 5.76 Å². The maximum Gasteiger partial charge on any atom is 0.273 e. The van der Waals surface area contributed by atoms with Crippen molar-refractivity contribution in [1.82, 2.24) is 15.4 Å². The molecule has 1 aliphatic heterocycles. The molecule has 0 spiro atoms. The molecule has 1 atom stereocenters. The van der Waals surface area contributed by atoms with Gasteiger partial charge in [-0.3, -0.25) is 9.59 Å². The van der Waals surface area contributed by atoms with Gasteiger partial charge in [-0.2, -0.15) is 0 Å². The fourth-order valence-electron chi connectivity index (χ4n) is 2.22. The van der Waals surface area contributed by atoms with Crippen molar-refractivity contribution in [2.45, 2.75) is 31.2 Å². The van der Waals surface area contributed by atoms with E-state index < -0.39 is 0 Å². The van der Waals surface area contributed by atoms with Gasteiger partial charge in [0.25, 0.3) is 5.91 Å². The molecular weight excluding hydrogens is 234 g/mol. The number of nitrogens with zero attached hydrogens (tertiary/aromatic N) is 2. The summed E-state index contributed by atoms with van der Waals surface area (Å²) in [7, 11) is 0. The van der Waals surface area contributed by atoms with Crippen molar-refractivity contribution in [3.63, 3.8) is 0 Å². The number of rotatable bonds is 4. The van der Waals surface area contributed by atoms with Crippen LogP contribution in [0.4, 0.5) is 0 Å². The molecule has 0 radical (unpaired) electrons. The van der Waals surface area contributed by atoms with Gasteiger partial charge in [0.2, 0.25) is 6.41 Å².